The number of hydrogen-bond acceptors (Lipinski definition) is 5. The molecule has 0 fully saturated rings. The van der Waals surface area contributed by atoms with Crippen LogP contribution in [-0.2, 0) is 10.0 Å². The summed E-state index contributed by atoms with van der Waals surface area (Å²) in [4.78, 5) is 7.72. The molecule has 6 nitrogen and oxygen atoms in total. The van der Waals surface area contributed by atoms with Crippen molar-refractivity contribution < 1.29 is 13.5 Å². The first-order valence-electron chi connectivity index (χ1n) is 5.56. The first-order valence-corrected chi connectivity index (χ1v) is 7.04. The maximum absolute atomic E-state index is 12.0. The van der Waals surface area contributed by atoms with E-state index >= 15 is 0 Å². The molecule has 0 saturated heterocycles. The summed E-state index contributed by atoms with van der Waals surface area (Å²) in [7, 11) is -3.69. The summed E-state index contributed by atoms with van der Waals surface area (Å²) in [5.74, 6) is 0.155. The summed E-state index contributed by atoms with van der Waals surface area (Å²) in [6.07, 6.45) is 3.54. The lowest BCUT2D eigenvalue weighted by atomic mass is 10.1. The van der Waals surface area contributed by atoms with Crippen molar-refractivity contribution in [3.63, 3.8) is 0 Å². The maximum atomic E-state index is 12.0. The van der Waals surface area contributed by atoms with Crippen LogP contribution in [0.25, 0.3) is 0 Å². The number of aliphatic hydroxyl groups is 1. The monoisotopic (exact) mass is 279 g/mol. The summed E-state index contributed by atoms with van der Waals surface area (Å²) in [6.45, 7) is 1.61. The number of nitrogens with zero attached hydrogens (tertiary/aromatic N) is 2. The van der Waals surface area contributed by atoms with E-state index in [1.165, 1.54) is 30.7 Å². The van der Waals surface area contributed by atoms with E-state index in [1.54, 1.807) is 19.1 Å². The molecular formula is C12H13N3O3S. The van der Waals surface area contributed by atoms with Gasteiger partial charge in [0.25, 0.3) is 10.0 Å². The fourth-order valence-corrected chi connectivity index (χ4v) is 2.47. The maximum Gasteiger partial charge on any atom is 0.263 e. The van der Waals surface area contributed by atoms with E-state index in [2.05, 4.69) is 14.7 Å². The van der Waals surface area contributed by atoms with Gasteiger partial charge in [-0.2, -0.15) is 0 Å². The van der Waals surface area contributed by atoms with Gasteiger partial charge < -0.3 is 5.11 Å². The average molecular weight is 279 g/mol. The Balaban J connectivity index is 2.25. The summed E-state index contributed by atoms with van der Waals surface area (Å²) < 4.78 is 26.4. The van der Waals surface area contributed by atoms with Crippen LogP contribution in [0.2, 0.25) is 0 Å². The van der Waals surface area contributed by atoms with Gasteiger partial charge in [0.05, 0.1) is 17.2 Å². The van der Waals surface area contributed by atoms with Crippen LogP contribution in [-0.4, -0.2) is 23.5 Å². The Morgan fingerprint density at radius 1 is 1.21 bits per heavy atom. The Kier molecular flexibility index (Phi) is 3.77. The summed E-state index contributed by atoms with van der Waals surface area (Å²) in [5, 5.41) is 9.37. The Morgan fingerprint density at radius 2 is 1.89 bits per heavy atom. The zero-order chi connectivity index (χ0) is 13.9. The van der Waals surface area contributed by atoms with Gasteiger partial charge in [-0.3, -0.25) is 9.71 Å². The highest BCUT2D eigenvalue weighted by molar-refractivity contribution is 7.92. The molecule has 19 heavy (non-hydrogen) atoms. The number of benzene rings is 1. The van der Waals surface area contributed by atoms with Crippen LogP contribution < -0.4 is 4.72 Å². The lowest BCUT2D eigenvalue weighted by molar-refractivity contribution is 0.199. The Hall–Kier alpha value is -1.99. The van der Waals surface area contributed by atoms with Crippen LogP contribution in [0.3, 0.4) is 0 Å². The molecule has 1 heterocycles. The Bertz CT molecular complexity index is 640. The highest BCUT2D eigenvalue weighted by Crippen LogP contribution is 2.17. The molecule has 0 radical (unpaired) electrons. The third-order valence-corrected chi connectivity index (χ3v) is 3.85. The van der Waals surface area contributed by atoms with Crippen molar-refractivity contribution >= 4 is 15.8 Å². The van der Waals surface area contributed by atoms with E-state index in [0.717, 1.165) is 0 Å². The van der Waals surface area contributed by atoms with Gasteiger partial charge in [0.1, 0.15) is 0 Å². The topological polar surface area (TPSA) is 92.2 Å². The summed E-state index contributed by atoms with van der Waals surface area (Å²) in [6, 6.07) is 5.99. The quantitative estimate of drug-likeness (QED) is 0.880. The molecule has 1 aromatic carbocycles. The van der Waals surface area contributed by atoms with Crippen molar-refractivity contribution in [1.82, 2.24) is 9.97 Å². The minimum absolute atomic E-state index is 0.0996. The Labute approximate surface area is 111 Å². The molecule has 1 atom stereocenters. The number of aromatic nitrogens is 2. The number of sulfonamides is 1. The second-order valence-corrected chi connectivity index (χ2v) is 5.62. The zero-order valence-corrected chi connectivity index (χ0v) is 11.0. The highest BCUT2D eigenvalue weighted by atomic mass is 32.2. The van der Waals surface area contributed by atoms with E-state index in [1.807, 2.05) is 0 Å². The van der Waals surface area contributed by atoms with Crippen LogP contribution in [0.4, 0.5) is 5.82 Å². The molecular weight excluding hydrogens is 266 g/mol. The molecule has 2 N–H and O–H groups in total. The normalized spacial score (nSPS) is 12.9. The van der Waals surface area contributed by atoms with Gasteiger partial charge >= 0.3 is 0 Å². The molecule has 1 aromatic heterocycles. The highest BCUT2D eigenvalue weighted by Gasteiger charge is 2.15. The van der Waals surface area contributed by atoms with Crippen LogP contribution in [0.15, 0.2) is 47.8 Å². The summed E-state index contributed by atoms with van der Waals surface area (Å²) in [5.41, 5.74) is 0.651. The van der Waals surface area contributed by atoms with Gasteiger partial charge in [-0.25, -0.2) is 13.4 Å². The standard InChI is InChI=1S/C12H13N3O3S/c1-9(16)10-2-4-11(5-3-10)19(17,18)15-12-8-13-6-7-14-12/h2-9,16H,1H3,(H,14,15). The van der Waals surface area contributed by atoms with Crippen molar-refractivity contribution in [2.75, 3.05) is 4.72 Å². The van der Waals surface area contributed by atoms with Gasteiger partial charge in [-0.15, -0.1) is 0 Å². The third-order valence-electron chi connectivity index (χ3n) is 2.47. The van der Waals surface area contributed by atoms with Crippen molar-refractivity contribution in [3.05, 3.63) is 48.4 Å². The van der Waals surface area contributed by atoms with E-state index in [0.29, 0.717) is 5.56 Å². The minimum atomic E-state index is -3.69. The molecule has 0 aliphatic heterocycles. The third kappa shape index (κ3) is 3.27. The van der Waals surface area contributed by atoms with E-state index in [4.69, 9.17) is 0 Å². The zero-order valence-electron chi connectivity index (χ0n) is 10.2. The molecule has 0 spiro atoms. The number of nitrogens with one attached hydrogen (secondary N) is 1. The smallest absolute Gasteiger partial charge is 0.263 e. The summed E-state index contributed by atoms with van der Waals surface area (Å²) >= 11 is 0. The van der Waals surface area contributed by atoms with Gasteiger partial charge in [-0.05, 0) is 24.6 Å². The van der Waals surface area contributed by atoms with Crippen LogP contribution >= 0.6 is 0 Å². The van der Waals surface area contributed by atoms with Crippen LogP contribution in [0.5, 0.6) is 0 Å². The minimum Gasteiger partial charge on any atom is -0.389 e. The number of hydrogen-bond donors (Lipinski definition) is 2. The number of rotatable bonds is 4. The van der Waals surface area contributed by atoms with Crippen molar-refractivity contribution in [1.29, 1.82) is 0 Å². The average Bonchev–Trinajstić information content (AvgIpc) is 2.39. The van der Waals surface area contributed by atoms with Crippen molar-refractivity contribution in [2.24, 2.45) is 0 Å². The van der Waals surface area contributed by atoms with Crippen molar-refractivity contribution in [3.8, 4) is 0 Å². The van der Waals surface area contributed by atoms with Gasteiger partial charge in [0.15, 0.2) is 5.82 Å². The molecule has 2 rings (SSSR count). The molecule has 0 saturated carbocycles. The molecule has 0 amide bonds. The van der Waals surface area contributed by atoms with Gasteiger partial charge in [-0.1, -0.05) is 12.1 Å². The second-order valence-electron chi connectivity index (χ2n) is 3.94. The number of aliphatic hydroxyl groups excluding tert-OH is 1. The molecule has 2 aromatic rings. The Morgan fingerprint density at radius 3 is 2.42 bits per heavy atom. The van der Waals surface area contributed by atoms with Crippen LogP contribution in [0.1, 0.15) is 18.6 Å². The molecule has 0 aliphatic rings. The van der Waals surface area contributed by atoms with E-state index in [-0.39, 0.29) is 10.7 Å². The number of anilines is 1. The molecule has 1 unspecified atom stereocenters. The van der Waals surface area contributed by atoms with Gasteiger partial charge in [0, 0.05) is 12.4 Å². The molecule has 0 bridgehead atoms. The molecule has 0 aliphatic carbocycles. The fraction of sp³-hybridized carbons (Fsp3) is 0.167. The first kappa shape index (κ1) is 13.4. The van der Waals surface area contributed by atoms with E-state index < -0.39 is 16.1 Å². The largest absolute Gasteiger partial charge is 0.389 e. The van der Waals surface area contributed by atoms with Crippen LogP contribution in [0, 0.1) is 0 Å². The van der Waals surface area contributed by atoms with Crippen molar-refractivity contribution in [2.45, 2.75) is 17.9 Å². The van der Waals surface area contributed by atoms with Gasteiger partial charge in [0.2, 0.25) is 0 Å². The lowest BCUT2D eigenvalue weighted by Gasteiger charge is -2.08. The predicted molar refractivity (Wildman–Crippen MR) is 69.9 cm³/mol. The fourth-order valence-electron chi connectivity index (χ4n) is 1.47. The molecule has 7 heteroatoms. The van der Waals surface area contributed by atoms with E-state index in [9.17, 15) is 13.5 Å². The predicted octanol–water partition coefficient (Wildman–Crippen LogP) is 1.33. The SMILES string of the molecule is CC(O)c1ccc(S(=O)(=O)Nc2cnccn2)cc1. The first-order chi connectivity index (χ1) is 8.99. The lowest BCUT2D eigenvalue weighted by Crippen LogP contribution is -2.14. The second kappa shape index (κ2) is 5.33. The molecule has 100 valence electrons.